The van der Waals surface area contributed by atoms with Crippen LogP contribution in [-0.2, 0) is 0 Å². The van der Waals surface area contributed by atoms with Gasteiger partial charge >= 0.3 is 5.97 Å². The molecule has 4 rings (SSSR count). The average molecular weight is 421 g/mol. The molecule has 0 unspecified atom stereocenters. The maximum Gasteiger partial charge on any atom is 0.336 e. The van der Waals surface area contributed by atoms with E-state index in [0.717, 1.165) is 40.5 Å². The van der Waals surface area contributed by atoms with Crippen LogP contribution < -0.4 is 9.93 Å². The van der Waals surface area contributed by atoms with Gasteiger partial charge in [0.15, 0.2) is 0 Å². The van der Waals surface area contributed by atoms with Crippen molar-refractivity contribution in [2.75, 3.05) is 13.1 Å². The van der Waals surface area contributed by atoms with E-state index in [0.29, 0.717) is 21.9 Å². The summed E-state index contributed by atoms with van der Waals surface area (Å²) in [5.41, 5.74) is 4.15. The molecule has 1 aliphatic heterocycles. The topological polar surface area (TPSA) is 53.5 Å². The predicted octanol–water partition coefficient (Wildman–Crippen LogP) is 5.68. The van der Waals surface area contributed by atoms with Crippen molar-refractivity contribution in [2.24, 2.45) is 0 Å². The Morgan fingerprint density at radius 2 is 1.77 bits per heavy atom. The van der Waals surface area contributed by atoms with Crippen molar-refractivity contribution in [1.82, 2.24) is 4.58 Å². The standard InChI is InChI=1S/C25H22ClNO3/c1-4-27(5-2)16-10-11-19-23(13-16)30-22-12-15(3)21(26)14-20(22)24(19)17-8-6-7-9-18(17)25(28)29/h6-14H,4-5H2,1-3H3/p+1. The molecule has 30 heavy (non-hydrogen) atoms. The summed E-state index contributed by atoms with van der Waals surface area (Å²) in [6.45, 7) is 7.94. The summed E-state index contributed by atoms with van der Waals surface area (Å²) in [6, 6.07) is 16.9. The number of nitrogens with zero attached hydrogens (tertiary/aromatic N) is 1. The molecule has 0 bridgehead atoms. The highest BCUT2D eigenvalue weighted by molar-refractivity contribution is 6.32. The number of aromatic carboxylic acids is 1. The van der Waals surface area contributed by atoms with Crippen molar-refractivity contribution in [1.29, 1.82) is 0 Å². The van der Waals surface area contributed by atoms with Gasteiger partial charge in [-0.2, -0.15) is 0 Å². The summed E-state index contributed by atoms with van der Waals surface area (Å²) in [7, 11) is 0. The Labute approximate surface area is 180 Å². The van der Waals surface area contributed by atoms with Gasteiger partial charge in [-0.05, 0) is 56.2 Å². The third kappa shape index (κ3) is 3.37. The summed E-state index contributed by atoms with van der Waals surface area (Å²) >= 11 is 6.44. The molecule has 0 aromatic heterocycles. The predicted molar refractivity (Wildman–Crippen MR) is 121 cm³/mol. The number of carbonyl (C=O) groups is 1. The number of carboxylic acid groups (broad SMARTS) is 1. The molecule has 0 fully saturated rings. The van der Waals surface area contributed by atoms with Crippen molar-refractivity contribution in [3.05, 3.63) is 76.1 Å². The molecule has 1 aliphatic carbocycles. The molecular formula is C25H23ClNO3+. The lowest BCUT2D eigenvalue weighted by atomic mass is 9.90. The fourth-order valence-electron chi connectivity index (χ4n) is 3.96. The van der Waals surface area contributed by atoms with Gasteiger partial charge in [-0.25, -0.2) is 9.37 Å². The minimum absolute atomic E-state index is 0.246. The van der Waals surface area contributed by atoms with Gasteiger partial charge in [0.2, 0.25) is 5.36 Å². The van der Waals surface area contributed by atoms with Crippen LogP contribution in [0.3, 0.4) is 0 Å². The van der Waals surface area contributed by atoms with Gasteiger partial charge in [0.05, 0.1) is 11.6 Å². The second-order valence-electron chi connectivity index (χ2n) is 7.28. The minimum Gasteiger partial charge on any atom is -0.478 e. The first-order valence-electron chi connectivity index (χ1n) is 10.0. The van der Waals surface area contributed by atoms with Gasteiger partial charge in [0, 0.05) is 27.6 Å². The zero-order valence-electron chi connectivity index (χ0n) is 17.2. The Morgan fingerprint density at radius 1 is 1.03 bits per heavy atom. The minimum atomic E-state index is -0.967. The lowest BCUT2D eigenvalue weighted by Crippen LogP contribution is -2.29. The Balaban J connectivity index is 2.20. The number of carboxylic acids is 1. The number of hydrogen-bond acceptors (Lipinski definition) is 2. The summed E-state index contributed by atoms with van der Waals surface area (Å²) in [6.07, 6.45) is 0. The number of aryl methyl sites for hydroxylation is 1. The lowest BCUT2D eigenvalue weighted by molar-refractivity contribution is 0.0697. The Hall–Kier alpha value is -3.11. The number of halogens is 1. The molecule has 2 aliphatic rings. The van der Waals surface area contributed by atoms with Crippen LogP contribution in [0.5, 0.6) is 0 Å². The number of hydrogen-bond donors (Lipinski definition) is 1. The SMILES string of the molecule is CC[N+](CC)=c1ccc2c(-c3ccccc3C(=O)O)c3cc(Cl)c(C)cc3oc-2c1. The summed E-state index contributed by atoms with van der Waals surface area (Å²) in [5.74, 6) is -0.255. The molecule has 0 saturated heterocycles. The molecule has 1 N–H and O–H groups in total. The molecule has 0 saturated carbocycles. The molecule has 0 radical (unpaired) electrons. The zero-order chi connectivity index (χ0) is 21.4. The van der Waals surface area contributed by atoms with E-state index >= 15 is 0 Å². The lowest BCUT2D eigenvalue weighted by Gasteiger charge is -2.17. The first-order chi connectivity index (χ1) is 14.4. The van der Waals surface area contributed by atoms with Crippen LogP contribution in [0.4, 0.5) is 0 Å². The molecule has 1 heterocycles. The largest absolute Gasteiger partial charge is 0.478 e. The average Bonchev–Trinajstić information content (AvgIpc) is 2.74. The summed E-state index contributed by atoms with van der Waals surface area (Å²) in [5, 5.41) is 12.3. The molecule has 0 amide bonds. The van der Waals surface area contributed by atoms with E-state index in [2.05, 4.69) is 24.5 Å². The van der Waals surface area contributed by atoms with E-state index in [1.54, 1.807) is 12.1 Å². The Morgan fingerprint density at radius 3 is 2.47 bits per heavy atom. The maximum atomic E-state index is 12.0. The highest BCUT2D eigenvalue weighted by Crippen LogP contribution is 2.42. The van der Waals surface area contributed by atoms with Crippen LogP contribution in [-0.4, -0.2) is 24.2 Å². The van der Waals surface area contributed by atoms with Gasteiger partial charge in [-0.3, -0.25) is 0 Å². The first-order valence-corrected chi connectivity index (χ1v) is 10.4. The van der Waals surface area contributed by atoms with Crippen LogP contribution in [0, 0.1) is 6.92 Å². The normalized spacial score (nSPS) is 11.2. The highest BCUT2D eigenvalue weighted by Gasteiger charge is 2.22. The van der Waals surface area contributed by atoms with Crippen LogP contribution in [0.2, 0.25) is 5.02 Å². The quantitative estimate of drug-likeness (QED) is 0.341. The molecule has 2 aromatic carbocycles. The van der Waals surface area contributed by atoms with E-state index in [1.165, 1.54) is 0 Å². The highest BCUT2D eigenvalue weighted by atomic mass is 35.5. The van der Waals surface area contributed by atoms with Crippen molar-refractivity contribution in [3.63, 3.8) is 0 Å². The molecule has 0 atom stereocenters. The van der Waals surface area contributed by atoms with Gasteiger partial charge in [-0.1, -0.05) is 29.8 Å². The molecule has 4 nitrogen and oxygen atoms in total. The number of rotatable bonds is 4. The van der Waals surface area contributed by atoms with Crippen molar-refractivity contribution < 1.29 is 14.3 Å². The van der Waals surface area contributed by atoms with Crippen molar-refractivity contribution in [3.8, 4) is 22.5 Å². The Kier molecular flexibility index (Phi) is 5.35. The number of benzene rings is 3. The monoisotopic (exact) mass is 420 g/mol. The summed E-state index contributed by atoms with van der Waals surface area (Å²) in [4.78, 5) is 12.0. The van der Waals surface area contributed by atoms with Crippen LogP contribution in [0.15, 0.2) is 59.0 Å². The van der Waals surface area contributed by atoms with E-state index in [1.807, 2.05) is 43.3 Å². The summed E-state index contributed by atoms with van der Waals surface area (Å²) < 4.78 is 8.54. The third-order valence-electron chi connectivity index (χ3n) is 5.54. The first kappa shape index (κ1) is 20.2. The van der Waals surface area contributed by atoms with Crippen LogP contribution in [0.1, 0.15) is 29.8 Å². The Bertz CT molecular complexity index is 1310. The van der Waals surface area contributed by atoms with E-state index in [-0.39, 0.29) is 5.56 Å². The molecular weight excluding hydrogens is 398 g/mol. The fourth-order valence-corrected chi connectivity index (χ4v) is 4.13. The third-order valence-corrected chi connectivity index (χ3v) is 5.95. The second kappa shape index (κ2) is 7.96. The second-order valence-corrected chi connectivity index (χ2v) is 7.69. The van der Waals surface area contributed by atoms with Crippen LogP contribution >= 0.6 is 11.6 Å². The van der Waals surface area contributed by atoms with Gasteiger partial charge in [-0.15, -0.1) is 0 Å². The van der Waals surface area contributed by atoms with Gasteiger partial charge in [0.25, 0.3) is 0 Å². The molecule has 2 aromatic rings. The van der Waals surface area contributed by atoms with Gasteiger partial charge in [0.1, 0.15) is 24.4 Å². The molecule has 0 spiro atoms. The van der Waals surface area contributed by atoms with Crippen LogP contribution in [0.25, 0.3) is 33.4 Å². The maximum absolute atomic E-state index is 12.0. The fraction of sp³-hybridized carbons (Fsp3) is 0.200. The molecule has 152 valence electrons. The van der Waals surface area contributed by atoms with E-state index in [4.69, 9.17) is 16.0 Å². The smallest absolute Gasteiger partial charge is 0.336 e. The number of fused-ring (bicyclic) bond motifs is 2. The van der Waals surface area contributed by atoms with E-state index in [9.17, 15) is 9.90 Å². The van der Waals surface area contributed by atoms with Crippen molar-refractivity contribution >= 4 is 28.5 Å². The van der Waals surface area contributed by atoms with E-state index < -0.39 is 5.97 Å². The zero-order valence-corrected chi connectivity index (χ0v) is 18.0. The van der Waals surface area contributed by atoms with Crippen molar-refractivity contribution in [2.45, 2.75) is 20.8 Å². The van der Waals surface area contributed by atoms with Gasteiger partial charge < -0.3 is 9.52 Å². The molecule has 5 heteroatoms.